The van der Waals surface area contributed by atoms with Crippen LogP contribution in [0.25, 0.3) is 22.6 Å². The van der Waals surface area contributed by atoms with Crippen LogP contribution in [0, 0.1) is 6.92 Å². The van der Waals surface area contributed by atoms with E-state index in [1.165, 1.54) is 0 Å². The van der Waals surface area contributed by atoms with Gasteiger partial charge in [0.05, 0.1) is 0 Å². The Kier molecular flexibility index (Phi) is 5.79. The zero-order valence-electron chi connectivity index (χ0n) is 16.2. The molecule has 29 heavy (non-hydrogen) atoms. The van der Waals surface area contributed by atoms with Gasteiger partial charge < -0.3 is 13.9 Å². The predicted octanol–water partition coefficient (Wildman–Crippen LogP) is 5.49. The van der Waals surface area contributed by atoms with Crippen molar-refractivity contribution in [3.8, 4) is 34.1 Å². The van der Waals surface area contributed by atoms with Gasteiger partial charge in [0.2, 0.25) is 0 Å². The fourth-order valence-electron chi connectivity index (χ4n) is 2.65. The predicted molar refractivity (Wildman–Crippen MR) is 111 cm³/mol. The Morgan fingerprint density at radius 2 is 1.59 bits per heavy atom. The summed E-state index contributed by atoms with van der Waals surface area (Å²) in [7, 11) is 0. The highest BCUT2D eigenvalue weighted by Crippen LogP contribution is 2.32. The SMILES string of the molecule is C=CC(=O)Oc1ccc(-c2ccc(-c3ccc(OC(=O)C(=C)C)cc3)o2)c(C)c1. The van der Waals surface area contributed by atoms with E-state index >= 15 is 0 Å². The summed E-state index contributed by atoms with van der Waals surface area (Å²) in [5.74, 6) is 1.29. The van der Waals surface area contributed by atoms with Crippen LogP contribution < -0.4 is 9.47 Å². The summed E-state index contributed by atoms with van der Waals surface area (Å²) >= 11 is 0. The smallest absolute Gasteiger partial charge is 0.338 e. The molecule has 0 atom stereocenters. The van der Waals surface area contributed by atoms with E-state index in [1.807, 2.05) is 37.3 Å². The molecule has 0 spiro atoms. The molecule has 0 unspecified atom stereocenters. The first-order chi connectivity index (χ1) is 13.9. The molecule has 1 aromatic heterocycles. The van der Waals surface area contributed by atoms with Crippen molar-refractivity contribution in [1.82, 2.24) is 0 Å². The van der Waals surface area contributed by atoms with Gasteiger partial charge in [-0.2, -0.15) is 0 Å². The largest absolute Gasteiger partial charge is 0.456 e. The number of rotatable bonds is 6. The molecule has 0 saturated heterocycles. The van der Waals surface area contributed by atoms with E-state index in [2.05, 4.69) is 13.2 Å². The van der Waals surface area contributed by atoms with Crippen LogP contribution in [0.2, 0.25) is 0 Å². The minimum atomic E-state index is -0.505. The van der Waals surface area contributed by atoms with E-state index in [4.69, 9.17) is 13.9 Å². The molecule has 3 rings (SSSR count). The van der Waals surface area contributed by atoms with Crippen LogP contribution in [-0.2, 0) is 9.59 Å². The number of hydrogen-bond acceptors (Lipinski definition) is 5. The Hall–Kier alpha value is -3.86. The first-order valence-corrected chi connectivity index (χ1v) is 8.90. The minimum absolute atomic E-state index is 0.338. The highest BCUT2D eigenvalue weighted by Gasteiger charge is 2.12. The minimum Gasteiger partial charge on any atom is -0.456 e. The fraction of sp³-hybridized carbons (Fsp3) is 0.0833. The topological polar surface area (TPSA) is 65.7 Å². The Labute approximate surface area is 168 Å². The molecule has 0 fully saturated rings. The standard InChI is InChI=1S/C24H20O5/c1-5-23(25)27-19-10-11-20(16(4)14-19)22-13-12-21(29-22)17-6-8-18(9-7-17)28-24(26)15(2)3/h5-14H,1-2H2,3-4H3. The highest BCUT2D eigenvalue weighted by molar-refractivity contribution is 5.88. The fourth-order valence-corrected chi connectivity index (χ4v) is 2.65. The van der Waals surface area contributed by atoms with Gasteiger partial charge in [0.25, 0.3) is 0 Å². The monoisotopic (exact) mass is 388 g/mol. The van der Waals surface area contributed by atoms with Crippen LogP contribution in [0.1, 0.15) is 12.5 Å². The van der Waals surface area contributed by atoms with Crippen molar-refractivity contribution < 1.29 is 23.5 Å². The number of hydrogen-bond donors (Lipinski definition) is 0. The molecule has 5 heteroatoms. The van der Waals surface area contributed by atoms with E-state index in [0.29, 0.717) is 28.6 Å². The maximum atomic E-state index is 11.6. The first-order valence-electron chi connectivity index (χ1n) is 8.90. The van der Waals surface area contributed by atoms with E-state index in [-0.39, 0.29) is 0 Å². The van der Waals surface area contributed by atoms with Crippen LogP contribution in [0.5, 0.6) is 11.5 Å². The molecule has 0 bridgehead atoms. The molecule has 2 aromatic carbocycles. The number of furan rings is 1. The summed E-state index contributed by atoms with van der Waals surface area (Å²) in [6.45, 7) is 10.5. The Balaban J connectivity index is 1.78. The van der Waals surface area contributed by atoms with Gasteiger partial charge in [0.15, 0.2) is 0 Å². The average molecular weight is 388 g/mol. The number of aryl methyl sites for hydroxylation is 1. The van der Waals surface area contributed by atoms with Crippen LogP contribution in [-0.4, -0.2) is 11.9 Å². The third kappa shape index (κ3) is 4.71. The zero-order chi connectivity index (χ0) is 21.0. The second kappa shape index (κ2) is 8.44. The molecular weight excluding hydrogens is 368 g/mol. The first kappa shape index (κ1) is 19.9. The molecule has 146 valence electrons. The summed E-state index contributed by atoms with van der Waals surface area (Å²) in [5.41, 5.74) is 2.98. The van der Waals surface area contributed by atoms with Gasteiger partial charge in [0, 0.05) is 22.8 Å². The normalized spacial score (nSPS) is 10.3. The lowest BCUT2D eigenvalue weighted by molar-refractivity contribution is -0.130. The van der Waals surface area contributed by atoms with Gasteiger partial charge in [0.1, 0.15) is 23.0 Å². The Morgan fingerprint density at radius 1 is 0.931 bits per heavy atom. The van der Waals surface area contributed by atoms with E-state index in [1.54, 1.807) is 31.2 Å². The summed E-state index contributed by atoms with van der Waals surface area (Å²) in [5, 5.41) is 0. The van der Waals surface area contributed by atoms with E-state index < -0.39 is 11.9 Å². The third-order valence-corrected chi connectivity index (χ3v) is 4.15. The molecular formula is C24H20O5. The van der Waals surface area contributed by atoms with Crippen molar-refractivity contribution in [2.75, 3.05) is 0 Å². The number of ether oxygens (including phenoxy) is 2. The van der Waals surface area contributed by atoms with Gasteiger partial charge in [-0.3, -0.25) is 0 Å². The van der Waals surface area contributed by atoms with Gasteiger partial charge in [-0.25, -0.2) is 9.59 Å². The number of benzene rings is 2. The summed E-state index contributed by atoms with van der Waals surface area (Å²) < 4.78 is 16.3. The van der Waals surface area contributed by atoms with E-state index in [0.717, 1.165) is 22.8 Å². The van der Waals surface area contributed by atoms with Gasteiger partial charge in [-0.15, -0.1) is 0 Å². The zero-order valence-corrected chi connectivity index (χ0v) is 16.2. The van der Waals surface area contributed by atoms with Crippen molar-refractivity contribution in [1.29, 1.82) is 0 Å². The molecule has 1 heterocycles. The lowest BCUT2D eigenvalue weighted by Crippen LogP contribution is -2.07. The van der Waals surface area contributed by atoms with Crippen LogP contribution in [0.3, 0.4) is 0 Å². The van der Waals surface area contributed by atoms with Crippen molar-refractivity contribution in [2.24, 2.45) is 0 Å². The molecule has 0 saturated carbocycles. The average Bonchev–Trinajstić information content (AvgIpc) is 3.18. The lowest BCUT2D eigenvalue weighted by atomic mass is 10.1. The molecule has 0 aliphatic heterocycles. The van der Waals surface area contributed by atoms with Crippen LogP contribution in [0.15, 0.2) is 83.8 Å². The van der Waals surface area contributed by atoms with E-state index in [9.17, 15) is 9.59 Å². The molecule has 0 aliphatic carbocycles. The second-order valence-corrected chi connectivity index (χ2v) is 6.46. The summed E-state index contributed by atoms with van der Waals surface area (Å²) in [6, 6.07) is 16.1. The number of carbonyl (C=O) groups excluding carboxylic acids is 2. The van der Waals surface area contributed by atoms with Gasteiger partial charge in [-0.05, 0) is 74.0 Å². The number of carbonyl (C=O) groups is 2. The van der Waals surface area contributed by atoms with Crippen molar-refractivity contribution in [3.63, 3.8) is 0 Å². The summed E-state index contributed by atoms with van der Waals surface area (Å²) in [4.78, 5) is 22.9. The summed E-state index contributed by atoms with van der Waals surface area (Å²) in [6.07, 6.45) is 1.12. The Morgan fingerprint density at radius 3 is 2.21 bits per heavy atom. The quantitative estimate of drug-likeness (QED) is 0.317. The van der Waals surface area contributed by atoms with Crippen LogP contribution in [0.4, 0.5) is 0 Å². The van der Waals surface area contributed by atoms with Crippen molar-refractivity contribution >= 4 is 11.9 Å². The van der Waals surface area contributed by atoms with Gasteiger partial charge >= 0.3 is 11.9 Å². The molecule has 0 N–H and O–H groups in total. The maximum absolute atomic E-state index is 11.6. The van der Waals surface area contributed by atoms with Gasteiger partial charge in [-0.1, -0.05) is 13.2 Å². The second-order valence-electron chi connectivity index (χ2n) is 6.46. The van der Waals surface area contributed by atoms with Crippen LogP contribution >= 0.6 is 0 Å². The molecule has 0 radical (unpaired) electrons. The molecule has 3 aromatic rings. The molecule has 0 aliphatic rings. The van der Waals surface area contributed by atoms with Crippen molar-refractivity contribution in [2.45, 2.75) is 13.8 Å². The molecule has 0 amide bonds. The van der Waals surface area contributed by atoms with Crippen molar-refractivity contribution in [3.05, 3.63) is 85.0 Å². The lowest BCUT2D eigenvalue weighted by Gasteiger charge is -2.07. The third-order valence-electron chi connectivity index (χ3n) is 4.15. The molecule has 5 nitrogen and oxygen atoms in total. The maximum Gasteiger partial charge on any atom is 0.338 e. The Bertz CT molecular complexity index is 1090. The highest BCUT2D eigenvalue weighted by atomic mass is 16.5. The number of esters is 2.